The topological polar surface area (TPSA) is 41.5 Å². The molecule has 1 amide bonds. The van der Waals surface area contributed by atoms with Crippen LogP contribution >= 0.6 is 0 Å². The molecule has 0 aromatic heterocycles. The van der Waals surface area contributed by atoms with E-state index in [9.17, 15) is 4.79 Å². The Kier molecular flexibility index (Phi) is 1.48. The molecule has 0 radical (unpaired) electrons. The molecule has 3 nitrogen and oxygen atoms in total. The summed E-state index contributed by atoms with van der Waals surface area (Å²) in [6.07, 6.45) is 1.43. The van der Waals surface area contributed by atoms with Crippen molar-refractivity contribution < 1.29 is 4.79 Å². The summed E-state index contributed by atoms with van der Waals surface area (Å²) >= 11 is 0. The highest BCUT2D eigenvalue weighted by atomic mass is 16.1. The molecule has 1 N–H and O–H groups in total. The van der Waals surface area contributed by atoms with E-state index in [0.29, 0.717) is 6.42 Å². The van der Waals surface area contributed by atoms with E-state index in [4.69, 9.17) is 0 Å². The fraction of sp³-hybridized carbons (Fsp3) is 0.273. The number of nitrogens with one attached hydrogen (secondary N) is 1. The van der Waals surface area contributed by atoms with Crippen LogP contribution in [0.3, 0.4) is 0 Å². The molecule has 0 aliphatic carbocycles. The minimum Gasteiger partial charge on any atom is -0.376 e. The van der Waals surface area contributed by atoms with Crippen LogP contribution in [0.2, 0.25) is 0 Å². The van der Waals surface area contributed by atoms with Gasteiger partial charge in [-0.15, -0.1) is 0 Å². The summed E-state index contributed by atoms with van der Waals surface area (Å²) in [6.45, 7) is 0. The Hall–Kier alpha value is -1.64. The number of hydrogen-bond donors (Lipinski definition) is 1. The maximum atomic E-state index is 11.2. The number of fused-ring (bicyclic) bond motifs is 3. The predicted octanol–water partition coefficient (Wildman–Crippen LogP) is 1.59. The lowest BCUT2D eigenvalue weighted by Gasteiger charge is -2.15. The van der Waals surface area contributed by atoms with Crippen LogP contribution in [-0.2, 0) is 4.79 Å². The molecule has 0 bridgehead atoms. The predicted molar refractivity (Wildman–Crippen MR) is 54.6 cm³/mol. The molecule has 0 saturated heterocycles. The van der Waals surface area contributed by atoms with Crippen LogP contribution in [0.15, 0.2) is 29.3 Å². The molecule has 1 atom stereocenters. The Balaban J connectivity index is 2.15. The molecule has 2 heterocycles. The molecule has 70 valence electrons. The zero-order chi connectivity index (χ0) is 9.54. The van der Waals surface area contributed by atoms with Gasteiger partial charge in [-0.25, -0.2) is 4.99 Å². The number of hydrogen-bond acceptors (Lipinski definition) is 2. The number of carbonyl (C=O) groups excluding carboxylic acids is 1. The van der Waals surface area contributed by atoms with Crippen LogP contribution < -0.4 is 5.32 Å². The Bertz CT molecular complexity index is 437. The third kappa shape index (κ3) is 0.985. The molecule has 0 spiro atoms. The summed E-state index contributed by atoms with van der Waals surface area (Å²) in [7, 11) is 0. The van der Waals surface area contributed by atoms with Crippen LogP contribution in [0.4, 0.5) is 5.69 Å². The number of anilines is 1. The largest absolute Gasteiger partial charge is 0.376 e. The van der Waals surface area contributed by atoms with Crippen molar-refractivity contribution >= 4 is 17.3 Å². The standard InChI is InChI=1S/C11H10N2O/c14-10-6-5-9-11(13-10)7-3-1-2-4-8(7)12-9/h1-4,9,12H,5-6H2. The van der Waals surface area contributed by atoms with E-state index in [1.165, 1.54) is 0 Å². The fourth-order valence-corrected chi connectivity index (χ4v) is 2.08. The number of para-hydroxylation sites is 1. The Morgan fingerprint density at radius 2 is 2.21 bits per heavy atom. The second kappa shape index (κ2) is 2.67. The first-order valence-electron chi connectivity index (χ1n) is 4.82. The van der Waals surface area contributed by atoms with Crippen molar-refractivity contribution in [3.05, 3.63) is 29.8 Å². The third-order valence-corrected chi connectivity index (χ3v) is 2.75. The number of rotatable bonds is 0. The molecule has 2 aliphatic heterocycles. The lowest BCUT2D eigenvalue weighted by Crippen LogP contribution is -2.28. The van der Waals surface area contributed by atoms with Gasteiger partial charge in [-0.2, -0.15) is 0 Å². The zero-order valence-corrected chi connectivity index (χ0v) is 7.66. The number of amides is 1. The first kappa shape index (κ1) is 7.74. The van der Waals surface area contributed by atoms with Crippen molar-refractivity contribution in [2.24, 2.45) is 4.99 Å². The van der Waals surface area contributed by atoms with E-state index < -0.39 is 0 Å². The van der Waals surface area contributed by atoms with Gasteiger partial charge < -0.3 is 5.32 Å². The van der Waals surface area contributed by atoms with Crippen molar-refractivity contribution in [1.82, 2.24) is 0 Å². The van der Waals surface area contributed by atoms with Crippen LogP contribution in [0.1, 0.15) is 18.4 Å². The maximum Gasteiger partial charge on any atom is 0.246 e. The highest BCUT2D eigenvalue weighted by Crippen LogP contribution is 2.30. The molecular weight excluding hydrogens is 176 g/mol. The molecule has 1 aromatic carbocycles. The number of aliphatic imine (C=N–C) groups is 1. The van der Waals surface area contributed by atoms with Crippen LogP contribution in [0, 0.1) is 0 Å². The van der Waals surface area contributed by atoms with E-state index in [0.717, 1.165) is 23.4 Å². The van der Waals surface area contributed by atoms with Gasteiger partial charge in [0.2, 0.25) is 5.91 Å². The third-order valence-electron chi connectivity index (χ3n) is 2.75. The second-order valence-electron chi connectivity index (χ2n) is 3.67. The minimum atomic E-state index is 0.00903. The maximum absolute atomic E-state index is 11.2. The van der Waals surface area contributed by atoms with Crippen LogP contribution in [0.25, 0.3) is 0 Å². The van der Waals surface area contributed by atoms with Crippen molar-refractivity contribution in [3.63, 3.8) is 0 Å². The SMILES string of the molecule is O=C1CCC2Nc3ccccc3C2=N1. The average Bonchev–Trinajstić information content (AvgIpc) is 2.56. The molecule has 3 rings (SSSR count). The summed E-state index contributed by atoms with van der Waals surface area (Å²) in [5, 5.41) is 3.37. The van der Waals surface area contributed by atoms with Crippen molar-refractivity contribution in [3.8, 4) is 0 Å². The average molecular weight is 186 g/mol. The first-order valence-corrected chi connectivity index (χ1v) is 4.82. The van der Waals surface area contributed by atoms with E-state index >= 15 is 0 Å². The van der Waals surface area contributed by atoms with Gasteiger partial charge >= 0.3 is 0 Å². The molecule has 3 heteroatoms. The highest BCUT2D eigenvalue weighted by molar-refractivity contribution is 6.18. The smallest absolute Gasteiger partial charge is 0.246 e. The van der Waals surface area contributed by atoms with E-state index in [1.54, 1.807) is 0 Å². The Morgan fingerprint density at radius 3 is 3.14 bits per heavy atom. The highest BCUT2D eigenvalue weighted by Gasteiger charge is 2.31. The molecule has 0 fully saturated rings. The van der Waals surface area contributed by atoms with Crippen molar-refractivity contribution in [2.45, 2.75) is 18.9 Å². The van der Waals surface area contributed by atoms with Gasteiger partial charge in [0.1, 0.15) is 0 Å². The number of nitrogens with zero attached hydrogens (tertiary/aromatic N) is 1. The van der Waals surface area contributed by atoms with E-state index in [1.807, 2.05) is 24.3 Å². The normalized spacial score (nSPS) is 23.6. The summed E-state index contributed by atoms with van der Waals surface area (Å²) < 4.78 is 0. The lowest BCUT2D eigenvalue weighted by atomic mass is 10.0. The van der Waals surface area contributed by atoms with Crippen LogP contribution in [0.5, 0.6) is 0 Å². The summed E-state index contributed by atoms with van der Waals surface area (Å²) in [5.41, 5.74) is 3.12. The van der Waals surface area contributed by atoms with Gasteiger partial charge in [-0.1, -0.05) is 18.2 Å². The van der Waals surface area contributed by atoms with Gasteiger partial charge in [0.05, 0.1) is 11.8 Å². The summed E-state index contributed by atoms with van der Waals surface area (Å²) in [4.78, 5) is 15.3. The second-order valence-corrected chi connectivity index (χ2v) is 3.67. The van der Waals surface area contributed by atoms with E-state index in [2.05, 4.69) is 10.3 Å². The van der Waals surface area contributed by atoms with Gasteiger partial charge in [-0.05, 0) is 12.5 Å². The quantitative estimate of drug-likeness (QED) is 0.668. The van der Waals surface area contributed by atoms with E-state index in [-0.39, 0.29) is 11.9 Å². The summed E-state index contributed by atoms with van der Waals surface area (Å²) in [6, 6.07) is 8.27. The molecule has 1 aromatic rings. The zero-order valence-electron chi connectivity index (χ0n) is 7.66. The monoisotopic (exact) mass is 186 g/mol. The summed E-state index contributed by atoms with van der Waals surface area (Å²) in [5.74, 6) is 0.00903. The van der Waals surface area contributed by atoms with Crippen LogP contribution in [-0.4, -0.2) is 17.7 Å². The van der Waals surface area contributed by atoms with Gasteiger partial charge in [0.15, 0.2) is 0 Å². The number of carbonyl (C=O) groups is 1. The number of benzene rings is 1. The molecule has 2 aliphatic rings. The van der Waals surface area contributed by atoms with Crippen molar-refractivity contribution in [2.75, 3.05) is 5.32 Å². The van der Waals surface area contributed by atoms with Gasteiger partial charge in [0, 0.05) is 17.7 Å². The van der Waals surface area contributed by atoms with Gasteiger partial charge in [-0.3, -0.25) is 4.79 Å². The molecule has 14 heavy (non-hydrogen) atoms. The fourth-order valence-electron chi connectivity index (χ4n) is 2.08. The van der Waals surface area contributed by atoms with Gasteiger partial charge in [0.25, 0.3) is 0 Å². The molecule has 0 saturated carbocycles. The molecular formula is C11H10N2O. The molecule has 1 unspecified atom stereocenters. The minimum absolute atomic E-state index is 0.00903. The van der Waals surface area contributed by atoms with Crippen molar-refractivity contribution in [1.29, 1.82) is 0 Å². The Morgan fingerprint density at radius 1 is 1.36 bits per heavy atom. The first-order chi connectivity index (χ1) is 6.84. The lowest BCUT2D eigenvalue weighted by molar-refractivity contribution is -0.118. The Labute approximate surface area is 81.9 Å².